The molecule has 0 unspecified atom stereocenters. The van der Waals surface area contributed by atoms with Crippen LogP contribution in [0.25, 0.3) is 0 Å². The Morgan fingerprint density at radius 1 is 1.05 bits per heavy atom. The third-order valence-electron chi connectivity index (χ3n) is 6.72. The summed E-state index contributed by atoms with van der Waals surface area (Å²) in [5.74, 6) is 2.16. The Morgan fingerprint density at radius 3 is 2.20 bits per heavy atom. The third-order valence-corrected chi connectivity index (χ3v) is 10.4. The minimum atomic E-state index is -1.02. The topological polar surface area (TPSA) is 0 Å². The molecule has 0 aliphatic carbocycles. The van der Waals surface area contributed by atoms with E-state index in [9.17, 15) is 0 Å². The average molecular weight is 288 g/mol. The first-order valence-corrected chi connectivity index (χ1v) is 12.6. The summed E-state index contributed by atoms with van der Waals surface area (Å²) in [6.45, 7) is 8.71. The van der Waals surface area contributed by atoms with E-state index in [0.717, 1.165) is 18.3 Å². The van der Waals surface area contributed by atoms with Crippen LogP contribution in [0.15, 0.2) is 10.7 Å². The first-order chi connectivity index (χ1) is 9.63. The van der Waals surface area contributed by atoms with Gasteiger partial charge in [-0.3, -0.25) is 0 Å². The Morgan fingerprint density at radius 2 is 1.65 bits per heavy atom. The van der Waals surface area contributed by atoms with Gasteiger partial charge in [-0.05, 0) is 12.8 Å². The van der Waals surface area contributed by atoms with Crippen molar-refractivity contribution < 1.29 is 0 Å². The molecule has 0 aromatic rings. The van der Waals surface area contributed by atoms with Crippen molar-refractivity contribution in [2.24, 2.45) is 0 Å². The Kier molecular flexibility index (Phi) is 4.50. The predicted octanol–water partition coefficient (Wildman–Crippen LogP) is 6.27. The van der Waals surface area contributed by atoms with Gasteiger partial charge in [-0.25, -0.2) is 0 Å². The molecular formula is C18H33BSi. The first kappa shape index (κ1) is 14.9. The molecule has 2 fully saturated rings. The lowest BCUT2D eigenvalue weighted by molar-refractivity contribution is 0.445. The molecule has 3 aliphatic rings. The van der Waals surface area contributed by atoms with Crippen molar-refractivity contribution >= 4 is 14.8 Å². The van der Waals surface area contributed by atoms with Gasteiger partial charge in [-0.2, -0.15) is 0 Å². The summed E-state index contributed by atoms with van der Waals surface area (Å²) >= 11 is 0. The maximum absolute atomic E-state index is 2.66. The number of fused-ring (bicyclic) bond motifs is 2. The molecule has 0 spiro atoms. The summed E-state index contributed by atoms with van der Waals surface area (Å²) in [5, 5.41) is 2.04. The minimum absolute atomic E-state index is 1.02. The molecule has 3 rings (SSSR count). The van der Waals surface area contributed by atoms with Gasteiger partial charge in [-0.15, -0.1) is 5.47 Å². The van der Waals surface area contributed by atoms with Gasteiger partial charge in [0.05, 0.1) is 8.07 Å². The van der Waals surface area contributed by atoms with Crippen molar-refractivity contribution in [2.75, 3.05) is 0 Å². The van der Waals surface area contributed by atoms with E-state index in [1.807, 2.05) is 10.7 Å². The number of hydrogen-bond donors (Lipinski definition) is 0. The highest BCUT2D eigenvalue weighted by Crippen LogP contribution is 2.52. The summed E-state index contributed by atoms with van der Waals surface area (Å²) in [5.41, 5.74) is 2.03. The fourth-order valence-corrected chi connectivity index (χ4v) is 8.86. The van der Waals surface area contributed by atoms with Gasteiger partial charge in [0.1, 0.15) is 0 Å². The Balaban J connectivity index is 1.89. The Labute approximate surface area is 127 Å². The van der Waals surface area contributed by atoms with E-state index in [0.29, 0.717) is 0 Å². The van der Waals surface area contributed by atoms with Crippen LogP contribution >= 0.6 is 0 Å². The molecule has 0 nitrogen and oxygen atoms in total. The Bertz CT molecular complexity index is 363. The lowest BCUT2D eigenvalue weighted by atomic mass is 9.24. The van der Waals surface area contributed by atoms with Gasteiger partial charge in [-0.1, -0.05) is 94.3 Å². The predicted molar refractivity (Wildman–Crippen MR) is 94.4 cm³/mol. The fraction of sp³-hybridized carbons (Fsp3) is 0.889. The lowest BCUT2D eigenvalue weighted by Crippen LogP contribution is -2.37. The monoisotopic (exact) mass is 288 g/mol. The van der Waals surface area contributed by atoms with Crippen LogP contribution in [-0.4, -0.2) is 14.8 Å². The number of unbranched alkanes of at least 4 members (excludes halogenated alkanes) is 1. The molecule has 112 valence electrons. The number of allylic oxidation sites excluding steroid dienone is 2. The van der Waals surface area contributed by atoms with Crippen molar-refractivity contribution in [1.29, 1.82) is 0 Å². The van der Waals surface area contributed by atoms with Crippen LogP contribution in [-0.2, 0) is 0 Å². The number of rotatable bonds is 4. The van der Waals surface area contributed by atoms with Crippen molar-refractivity contribution in [3.05, 3.63) is 10.7 Å². The quantitative estimate of drug-likeness (QED) is 0.535. The highest BCUT2D eigenvalue weighted by atomic mass is 28.3. The maximum Gasteiger partial charge on any atom is 0.176 e. The SMILES string of the molecule is CCCCC1=C(B2C3CCCC2CCC3)CC[Si]1(C)C. The minimum Gasteiger partial charge on any atom is -0.105 e. The molecule has 0 aromatic heterocycles. The second-order valence-corrected chi connectivity index (χ2v) is 13.3. The molecule has 2 bridgehead atoms. The van der Waals surface area contributed by atoms with Crippen molar-refractivity contribution in [3.63, 3.8) is 0 Å². The summed E-state index contributed by atoms with van der Waals surface area (Å²) in [4.78, 5) is 0. The van der Waals surface area contributed by atoms with Crippen LogP contribution in [0, 0.1) is 0 Å². The van der Waals surface area contributed by atoms with Crippen molar-refractivity contribution in [2.45, 2.75) is 102 Å². The fourth-order valence-electron chi connectivity index (χ4n) is 5.65. The molecule has 3 heterocycles. The standard InChI is InChI=1S/C18H33BSi/c1-4-5-12-18-17(13-14-20(18,2)3)19-15-8-6-9-16(19)11-7-10-15/h15-16H,4-14H2,1-3H3. The summed E-state index contributed by atoms with van der Waals surface area (Å²) in [7, 11) is -1.02. The van der Waals surface area contributed by atoms with E-state index < -0.39 is 8.07 Å². The molecule has 0 aromatic carbocycles. The highest BCUT2D eigenvalue weighted by molar-refractivity contribution is 6.88. The number of hydrogen-bond acceptors (Lipinski definition) is 0. The maximum atomic E-state index is 2.66. The van der Waals surface area contributed by atoms with E-state index >= 15 is 0 Å². The van der Waals surface area contributed by atoms with Gasteiger partial charge in [0.25, 0.3) is 0 Å². The zero-order valence-corrected chi connectivity index (χ0v) is 15.0. The van der Waals surface area contributed by atoms with Crippen LogP contribution in [0.2, 0.25) is 30.8 Å². The zero-order valence-electron chi connectivity index (χ0n) is 14.0. The molecule has 3 aliphatic heterocycles. The van der Waals surface area contributed by atoms with Crippen LogP contribution in [0.4, 0.5) is 0 Å². The van der Waals surface area contributed by atoms with Gasteiger partial charge in [0, 0.05) is 0 Å². The van der Waals surface area contributed by atoms with Crippen molar-refractivity contribution in [3.8, 4) is 0 Å². The molecule has 20 heavy (non-hydrogen) atoms. The molecule has 0 atom stereocenters. The zero-order chi connectivity index (χ0) is 14.2. The summed E-state index contributed by atoms with van der Waals surface area (Å²) in [6.07, 6.45) is 15.0. The highest BCUT2D eigenvalue weighted by Gasteiger charge is 2.45. The molecule has 2 heteroatoms. The third kappa shape index (κ3) is 2.69. The van der Waals surface area contributed by atoms with Gasteiger partial charge >= 0.3 is 0 Å². The molecule has 2 saturated heterocycles. The van der Waals surface area contributed by atoms with E-state index in [1.54, 1.807) is 31.7 Å². The average Bonchev–Trinajstić information content (AvgIpc) is 2.70. The van der Waals surface area contributed by atoms with E-state index in [4.69, 9.17) is 0 Å². The Hall–Kier alpha value is 0.0218. The molecule has 0 N–H and O–H groups in total. The van der Waals surface area contributed by atoms with Crippen LogP contribution < -0.4 is 0 Å². The van der Waals surface area contributed by atoms with Gasteiger partial charge in [0.2, 0.25) is 0 Å². The lowest BCUT2D eigenvalue weighted by Gasteiger charge is -2.42. The largest absolute Gasteiger partial charge is 0.176 e. The smallest absolute Gasteiger partial charge is 0.105 e. The molecule has 0 saturated carbocycles. The van der Waals surface area contributed by atoms with Crippen LogP contribution in [0.5, 0.6) is 0 Å². The molecular weight excluding hydrogens is 255 g/mol. The van der Waals surface area contributed by atoms with E-state index in [2.05, 4.69) is 20.0 Å². The van der Waals surface area contributed by atoms with Crippen LogP contribution in [0.3, 0.4) is 0 Å². The van der Waals surface area contributed by atoms with Gasteiger partial charge < -0.3 is 0 Å². The first-order valence-electron chi connectivity index (χ1n) is 9.36. The summed E-state index contributed by atoms with van der Waals surface area (Å²) in [6, 6.07) is 1.57. The van der Waals surface area contributed by atoms with Crippen molar-refractivity contribution in [1.82, 2.24) is 0 Å². The van der Waals surface area contributed by atoms with E-state index in [1.165, 1.54) is 38.5 Å². The second kappa shape index (κ2) is 6.03. The second-order valence-electron chi connectivity index (χ2n) is 8.40. The van der Waals surface area contributed by atoms with E-state index in [-0.39, 0.29) is 0 Å². The van der Waals surface area contributed by atoms with Gasteiger partial charge in [0.15, 0.2) is 6.71 Å². The summed E-state index contributed by atoms with van der Waals surface area (Å²) < 4.78 is 0. The molecule has 0 radical (unpaired) electrons. The molecule has 0 amide bonds. The normalized spacial score (nSPS) is 32.9. The van der Waals surface area contributed by atoms with Crippen LogP contribution in [0.1, 0.15) is 71.1 Å².